The fraction of sp³-hybridized carbons (Fsp3) is 0.0714. The highest BCUT2D eigenvalue weighted by Crippen LogP contribution is 2.22. The third kappa shape index (κ3) is 3.53. The number of rotatable bonds is 4. The van der Waals surface area contributed by atoms with Gasteiger partial charge < -0.3 is 9.84 Å². The zero-order chi connectivity index (χ0) is 16.3. The summed E-state index contributed by atoms with van der Waals surface area (Å²) in [6.45, 7) is 0. The minimum Gasteiger partial charge on any atom is -0.508 e. The van der Waals surface area contributed by atoms with Crippen LogP contribution in [0.3, 0.4) is 0 Å². The van der Waals surface area contributed by atoms with Crippen molar-refractivity contribution in [3.8, 4) is 5.75 Å². The molecule has 6 nitrogen and oxygen atoms in total. The summed E-state index contributed by atoms with van der Waals surface area (Å²) in [6.07, 6.45) is 0. The molecule has 2 N–H and O–H groups in total. The van der Waals surface area contributed by atoms with E-state index in [0.29, 0.717) is 0 Å². The zero-order valence-electron chi connectivity index (χ0n) is 11.4. The fourth-order valence-electron chi connectivity index (χ4n) is 1.74. The molecule has 0 unspecified atom stereocenters. The number of hydrogen-bond acceptors (Lipinski definition) is 5. The average molecular weight is 325 g/mol. The Bertz CT molecular complexity index is 782. The molecule has 0 heterocycles. The molecule has 0 spiro atoms. The molecule has 0 bridgehead atoms. The molecule has 22 heavy (non-hydrogen) atoms. The lowest BCUT2D eigenvalue weighted by atomic mass is 10.2. The Morgan fingerprint density at radius 1 is 1.18 bits per heavy atom. The van der Waals surface area contributed by atoms with E-state index in [1.54, 1.807) is 0 Å². The van der Waals surface area contributed by atoms with Crippen molar-refractivity contribution in [3.05, 3.63) is 53.8 Å². The molecule has 8 heteroatoms. The van der Waals surface area contributed by atoms with E-state index in [1.165, 1.54) is 31.4 Å². The molecule has 0 radical (unpaired) electrons. The average Bonchev–Trinajstić information content (AvgIpc) is 2.45. The number of methoxy groups -OCH3 is 1. The smallest absolute Gasteiger partial charge is 0.337 e. The highest BCUT2D eigenvalue weighted by molar-refractivity contribution is 7.92. The third-order valence-electron chi connectivity index (χ3n) is 2.72. The molecule has 116 valence electrons. The van der Waals surface area contributed by atoms with Gasteiger partial charge in [0.25, 0.3) is 10.0 Å². The van der Waals surface area contributed by atoms with E-state index < -0.39 is 27.6 Å². The third-order valence-corrected chi connectivity index (χ3v) is 4.12. The predicted octanol–water partition coefficient (Wildman–Crippen LogP) is 2.12. The predicted molar refractivity (Wildman–Crippen MR) is 76.7 cm³/mol. The maximum Gasteiger partial charge on any atom is 0.337 e. The van der Waals surface area contributed by atoms with Crippen molar-refractivity contribution in [3.63, 3.8) is 0 Å². The standard InChI is InChI=1S/C14H12FNO5S/c1-21-14(18)9-2-4-13(5-3-9)22(19,20)16-11-6-10(15)7-12(17)8-11/h2-8,16-17H,1H3. The van der Waals surface area contributed by atoms with Gasteiger partial charge in [0, 0.05) is 12.1 Å². The molecule has 0 aliphatic rings. The van der Waals surface area contributed by atoms with Crippen LogP contribution < -0.4 is 4.72 Å². The van der Waals surface area contributed by atoms with Crippen molar-refractivity contribution in [2.45, 2.75) is 4.90 Å². The molecular weight excluding hydrogens is 313 g/mol. The van der Waals surface area contributed by atoms with E-state index in [9.17, 15) is 22.7 Å². The Morgan fingerprint density at radius 2 is 1.82 bits per heavy atom. The first kappa shape index (κ1) is 15.8. The van der Waals surface area contributed by atoms with Crippen LogP contribution in [0.2, 0.25) is 0 Å². The maximum absolute atomic E-state index is 13.1. The number of carbonyl (C=O) groups is 1. The quantitative estimate of drug-likeness (QED) is 0.840. The number of phenolic OH excluding ortho intramolecular Hbond substituents is 1. The summed E-state index contributed by atoms with van der Waals surface area (Å²) < 4.78 is 44.1. The largest absolute Gasteiger partial charge is 0.508 e. The number of aromatic hydroxyl groups is 1. The number of hydrogen-bond donors (Lipinski definition) is 2. The van der Waals surface area contributed by atoms with Gasteiger partial charge in [-0.2, -0.15) is 0 Å². The second-order valence-corrected chi connectivity index (χ2v) is 6.00. The van der Waals surface area contributed by atoms with Gasteiger partial charge in [-0.3, -0.25) is 4.72 Å². The molecule has 0 fully saturated rings. The number of carbonyl (C=O) groups excluding carboxylic acids is 1. The minimum absolute atomic E-state index is 0.116. The lowest BCUT2D eigenvalue weighted by molar-refractivity contribution is 0.0600. The van der Waals surface area contributed by atoms with E-state index in [2.05, 4.69) is 9.46 Å². The number of esters is 1. The Labute approximate surface area is 126 Å². The highest BCUT2D eigenvalue weighted by Gasteiger charge is 2.16. The summed E-state index contributed by atoms with van der Waals surface area (Å²) in [7, 11) is -2.76. The first-order valence-corrected chi connectivity index (χ1v) is 7.51. The molecule has 0 aliphatic carbocycles. The Balaban J connectivity index is 2.28. The summed E-state index contributed by atoms with van der Waals surface area (Å²) in [5, 5.41) is 9.26. The normalized spacial score (nSPS) is 11.0. The number of phenols is 1. The molecule has 0 saturated carbocycles. The van der Waals surface area contributed by atoms with Crippen LogP contribution in [0, 0.1) is 5.82 Å². The van der Waals surface area contributed by atoms with Crippen LogP contribution in [0.25, 0.3) is 0 Å². The number of nitrogens with one attached hydrogen (secondary N) is 1. The van der Waals surface area contributed by atoms with Crippen molar-refractivity contribution >= 4 is 21.7 Å². The van der Waals surface area contributed by atoms with Crippen molar-refractivity contribution in [2.24, 2.45) is 0 Å². The van der Waals surface area contributed by atoms with Crippen molar-refractivity contribution < 1.29 is 27.4 Å². The maximum atomic E-state index is 13.1. The molecular formula is C14H12FNO5S. The monoisotopic (exact) mass is 325 g/mol. The van der Waals surface area contributed by atoms with E-state index in [-0.39, 0.29) is 16.1 Å². The summed E-state index contributed by atoms with van der Waals surface area (Å²) in [5.74, 6) is -1.77. The van der Waals surface area contributed by atoms with Crippen LogP contribution in [0.4, 0.5) is 10.1 Å². The van der Waals surface area contributed by atoms with E-state index in [0.717, 1.165) is 18.2 Å². The second kappa shape index (κ2) is 6.02. The lowest BCUT2D eigenvalue weighted by Crippen LogP contribution is -2.13. The van der Waals surface area contributed by atoms with Crippen LogP contribution in [-0.4, -0.2) is 26.6 Å². The van der Waals surface area contributed by atoms with Crippen molar-refractivity contribution in [2.75, 3.05) is 11.8 Å². The molecule has 0 saturated heterocycles. The number of sulfonamides is 1. The first-order chi connectivity index (χ1) is 10.3. The lowest BCUT2D eigenvalue weighted by Gasteiger charge is -2.09. The second-order valence-electron chi connectivity index (χ2n) is 4.32. The SMILES string of the molecule is COC(=O)c1ccc(S(=O)(=O)Nc2cc(O)cc(F)c2)cc1. The number of benzene rings is 2. The van der Waals surface area contributed by atoms with Gasteiger partial charge in [0.2, 0.25) is 0 Å². The number of ether oxygens (including phenoxy) is 1. The molecule has 2 aromatic carbocycles. The Kier molecular flexibility index (Phi) is 4.32. The summed E-state index contributed by atoms with van der Waals surface area (Å²) in [6, 6.07) is 7.88. The first-order valence-electron chi connectivity index (χ1n) is 6.02. The molecule has 0 amide bonds. The number of halogens is 1. The summed E-state index contributed by atoms with van der Waals surface area (Å²) in [5.41, 5.74) is 0.0828. The van der Waals surface area contributed by atoms with Gasteiger partial charge in [0.15, 0.2) is 0 Å². The zero-order valence-corrected chi connectivity index (χ0v) is 12.2. The number of anilines is 1. The summed E-state index contributed by atoms with van der Waals surface area (Å²) >= 11 is 0. The van der Waals surface area contributed by atoms with E-state index >= 15 is 0 Å². The Morgan fingerprint density at radius 3 is 2.36 bits per heavy atom. The van der Waals surface area contributed by atoms with Crippen LogP contribution in [0.5, 0.6) is 5.75 Å². The van der Waals surface area contributed by atoms with Crippen LogP contribution in [-0.2, 0) is 14.8 Å². The van der Waals surface area contributed by atoms with Gasteiger partial charge in [-0.15, -0.1) is 0 Å². The van der Waals surface area contributed by atoms with Crippen LogP contribution >= 0.6 is 0 Å². The van der Waals surface area contributed by atoms with E-state index in [4.69, 9.17) is 0 Å². The topological polar surface area (TPSA) is 92.7 Å². The Hall–Kier alpha value is -2.61. The van der Waals surface area contributed by atoms with Gasteiger partial charge in [-0.25, -0.2) is 17.6 Å². The van der Waals surface area contributed by atoms with Gasteiger partial charge in [0.1, 0.15) is 11.6 Å². The van der Waals surface area contributed by atoms with Gasteiger partial charge in [-0.05, 0) is 30.3 Å². The molecule has 2 rings (SSSR count). The minimum atomic E-state index is -3.98. The summed E-state index contributed by atoms with van der Waals surface area (Å²) in [4.78, 5) is 11.2. The van der Waals surface area contributed by atoms with E-state index in [1.807, 2.05) is 0 Å². The highest BCUT2D eigenvalue weighted by atomic mass is 32.2. The van der Waals surface area contributed by atoms with Gasteiger partial charge >= 0.3 is 5.97 Å². The van der Waals surface area contributed by atoms with Crippen LogP contribution in [0.1, 0.15) is 10.4 Å². The fourth-order valence-corrected chi connectivity index (χ4v) is 2.78. The molecule has 0 aromatic heterocycles. The molecule has 0 atom stereocenters. The van der Waals surface area contributed by atoms with Crippen LogP contribution in [0.15, 0.2) is 47.4 Å². The molecule has 2 aromatic rings. The van der Waals surface area contributed by atoms with Gasteiger partial charge in [-0.1, -0.05) is 0 Å². The van der Waals surface area contributed by atoms with Crippen molar-refractivity contribution in [1.82, 2.24) is 0 Å². The van der Waals surface area contributed by atoms with Crippen molar-refractivity contribution in [1.29, 1.82) is 0 Å². The van der Waals surface area contributed by atoms with Gasteiger partial charge in [0.05, 0.1) is 23.3 Å². The molecule has 0 aliphatic heterocycles.